The Bertz CT molecular complexity index is 240. The fourth-order valence-corrected chi connectivity index (χ4v) is 2.87. The van der Waals surface area contributed by atoms with Gasteiger partial charge in [0, 0.05) is 5.92 Å². The van der Waals surface area contributed by atoms with E-state index in [-0.39, 0.29) is 6.10 Å². The molecule has 1 unspecified atom stereocenters. The second kappa shape index (κ2) is 2.84. The van der Waals surface area contributed by atoms with Crippen molar-refractivity contribution in [1.82, 2.24) is 0 Å². The van der Waals surface area contributed by atoms with Crippen molar-refractivity contribution in [3.8, 4) is 0 Å². The lowest BCUT2D eigenvalue weighted by atomic mass is 9.73. The normalized spacial score (nSPS) is 42.5. The molecule has 3 atom stereocenters. The van der Waals surface area contributed by atoms with Gasteiger partial charge >= 0.3 is 0 Å². The van der Waals surface area contributed by atoms with Gasteiger partial charge in [0.2, 0.25) is 0 Å². The van der Waals surface area contributed by atoms with E-state index in [0.29, 0.717) is 5.92 Å². The Kier molecular flexibility index (Phi) is 1.76. The van der Waals surface area contributed by atoms with Gasteiger partial charge in [-0.1, -0.05) is 24.5 Å². The summed E-state index contributed by atoms with van der Waals surface area (Å²) >= 11 is 0. The molecular formula is C12H18O. The minimum absolute atomic E-state index is 0.00317. The molecule has 0 aliphatic heterocycles. The molecule has 1 nitrogen and oxygen atoms in total. The summed E-state index contributed by atoms with van der Waals surface area (Å²) in [5.74, 6) is 2.43. The molecule has 0 aromatic heterocycles. The molecule has 0 amide bonds. The fourth-order valence-electron chi connectivity index (χ4n) is 2.87. The Hall–Kier alpha value is -0.300. The topological polar surface area (TPSA) is 20.2 Å². The molecule has 0 heterocycles. The summed E-state index contributed by atoms with van der Waals surface area (Å²) in [7, 11) is 0. The fraction of sp³-hybridized carbons (Fsp3) is 0.833. The van der Waals surface area contributed by atoms with Gasteiger partial charge in [0.05, 0.1) is 6.10 Å². The van der Waals surface area contributed by atoms with Crippen LogP contribution in [-0.2, 0) is 0 Å². The molecule has 2 fully saturated rings. The van der Waals surface area contributed by atoms with Crippen molar-refractivity contribution in [2.45, 2.75) is 44.6 Å². The predicted molar refractivity (Wildman–Crippen MR) is 52.3 cm³/mol. The Balaban J connectivity index is 1.53. The molecule has 3 rings (SSSR count). The molecule has 0 spiro atoms. The summed E-state index contributed by atoms with van der Waals surface area (Å²) < 4.78 is 0. The average molecular weight is 178 g/mol. The van der Waals surface area contributed by atoms with Gasteiger partial charge in [0.25, 0.3) is 0 Å². The maximum absolute atomic E-state index is 9.48. The number of aliphatic hydroxyl groups excluding tert-OH is 1. The van der Waals surface area contributed by atoms with E-state index >= 15 is 0 Å². The van der Waals surface area contributed by atoms with Crippen LogP contribution in [-0.4, -0.2) is 11.2 Å². The van der Waals surface area contributed by atoms with E-state index in [1.165, 1.54) is 32.1 Å². The van der Waals surface area contributed by atoms with Crippen molar-refractivity contribution in [3.63, 3.8) is 0 Å². The molecule has 0 aromatic carbocycles. The molecule has 0 bridgehead atoms. The zero-order chi connectivity index (χ0) is 8.84. The highest BCUT2D eigenvalue weighted by Gasteiger charge is 2.42. The molecule has 0 saturated heterocycles. The van der Waals surface area contributed by atoms with E-state index in [4.69, 9.17) is 0 Å². The first-order valence-corrected chi connectivity index (χ1v) is 5.70. The van der Waals surface area contributed by atoms with Gasteiger partial charge in [0.1, 0.15) is 0 Å². The van der Waals surface area contributed by atoms with Gasteiger partial charge in [-0.15, -0.1) is 0 Å². The van der Waals surface area contributed by atoms with Crippen LogP contribution < -0.4 is 0 Å². The van der Waals surface area contributed by atoms with Crippen molar-refractivity contribution in [1.29, 1.82) is 0 Å². The van der Waals surface area contributed by atoms with E-state index < -0.39 is 0 Å². The minimum Gasteiger partial charge on any atom is -0.392 e. The van der Waals surface area contributed by atoms with Crippen LogP contribution in [0.5, 0.6) is 0 Å². The molecule has 0 aromatic rings. The van der Waals surface area contributed by atoms with E-state index in [2.05, 4.69) is 6.08 Å². The Morgan fingerprint density at radius 3 is 2.85 bits per heavy atom. The highest BCUT2D eigenvalue weighted by Crippen LogP contribution is 2.47. The standard InChI is InChI=1S/C12H18O/c13-12-7-10-5-9(6-11(10)12)4-3-8-1-2-8/h6,8,10-13H,1-5,7H2/t10-,11-,12?/m1/s1. The van der Waals surface area contributed by atoms with Crippen molar-refractivity contribution in [3.05, 3.63) is 11.6 Å². The largest absolute Gasteiger partial charge is 0.392 e. The van der Waals surface area contributed by atoms with Crippen LogP contribution in [0.15, 0.2) is 11.6 Å². The van der Waals surface area contributed by atoms with Crippen molar-refractivity contribution < 1.29 is 5.11 Å². The van der Waals surface area contributed by atoms with Gasteiger partial charge < -0.3 is 5.11 Å². The Labute approximate surface area is 79.8 Å². The molecule has 72 valence electrons. The molecule has 3 aliphatic carbocycles. The number of allylic oxidation sites excluding steroid dienone is 1. The average Bonchev–Trinajstić information content (AvgIpc) is 2.87. The quantitative estimate of drug-likeness (QED) is 0.658. The van der Waals surface area contributed by atoms with Crippen LogP contribution in [0.4, 0.5) is 0 Å². The maximum Gasteiger partial charge on any atom is 0.0608 e. The lowest BCUT2D eigenvalue weighted by Gasteiger charge is -2.35. The van der Waals surface area contributed by atoms with Crippen LogP contribution in [0.1, 0.15) is 38.5 Å². The maximum atomic E-state index is 9.48. The highest BCUT2D eigenvalue weighted by atomic mass is 16.3. The molecule has 3 aliphatic rings. The summed E-state index contributed by atoms with van der Waals surface area (Å²) in [6, 6.07) is 0. The van der Waals surface area contributed by atoms with E-state index in [1.807, 2.05) is 0 Å². The molecule has 13 heavy (non-hydrogen) atoms. The van der Waals surface area contributed by atoms with E-state index in [9.17, 15) is 5.11 Å². The summed E-state index contributed by atoms with van der Waals surface area (Å²) in [4.78, 5) is 0. The first kappa shape index (κ1) is 8.05. The van der Waals surface area contributed by atoms with Gasteiger partial charge in [0.15, 0.2) is 0 Å². The van der Waals surface area contributed by atoms with Crippen molar-refractivity contribution >= 4 is 0 Å². The predicted octanol–water partition coefficient (Wildman–Crippen LogP) is 2.50. The summed E-state index contributed by atoms with van der Waals surface area (Å²) in [5.41, 5.74) is 1.65. The molecule has 1 N–H and O–H groups in total. The minimum atomic E-state index is 0.00317. The third kappa shape index (κ3) is 1.43. The summed E-state index contributed by atoms with van der Waals surface area (Å²) in [5, 5.41) is 9.48. The molecule has 2 saturated carbocycles. The highest BCUT2D eigenvalue weighted by molar-refractivity contribution is 5.20. The van der Waals surface area contributed by atoms with E-state index in [1.54, 1.807) is 5.57 Å². The zero-order valence-corrected chi connectivity index (χ0v) is 8.08. The first-order chi connectivity index (χ1) is 6.33. The van der Waals surface area contributed by atoms with Gasteiger partial charge in [-0.25, -0.2) is 0 Å². The van der Waals surface area contributed by atoms with Crippen LogP contribution in [0, 0.1) is 17.8 Å². The first-order valence-electron chi connectivity index (χ1n) is 5.70. The van der Waals surface area contributed by atoms with Crippen LogP contribution in [0.25, 0.3) is 0 Å². The Morgan fingerprint density at radius 1 is 1.38 bits per heavy atom. The zero-order valence-electron chi connectivity index (χ0n) is 8.08. The Morgan fingerprint density at radius 2 is 2.23 bits per heavy atom. The van der Waals surface area contributed by atoms with Crippen LogP contribution in [0.2, 0.25) is 0 Å². The number of rotatable bonds is 3. The summed E-state index contributed by atoms with van der Waals surface area (Å²) in [6.45, 7) is 0. The lowest BCUT2D eigenvalue weighted by Crippen LogP contribution is -2.37. The number of fused-ring (bicyclic) bond motifs is 1. The van der Waals surface area contributed by atoms with Crippen LogP contribution in [0.3, 0.4) is 0 Å². The number of hydrogen-bond acceptors (Lipinski definition) is 1. The van der Waals surface area contributed by atoms with Crippen LogP contribution >= 0.6 is 0 Å². The smallest absolute Gasteiger partial charge is 0.0608 e. The second-order valence-electron chi connectivity index (χ2n) is 5.15. The molecule has 1 heteroatoms. The molecule has 0 radical (unpaired) electrons. The van der Waals surface area contributed by atoms with Gasteiger partial charge in [-0.3, -0.25) is 0 Å². The summed E-state index contributed by atoms with van der Waals surface area (Å²) in [6.07, 6.45) is 10.4. The van der Waals surface area contributed by atoms with E-state index in [0.717, 1.165) is 18.3 Å². The van der Waals surface area contributed by atoms with Gasteiger partial charge in [-0.2, -0.15) is 0 Å². The number of aliphatic hydroxyl groups is 1. The number of hydrogen-bond donors (Lipinski definition) is 1. The SMILES string of the molecule is OC1C[C@H]2CC(CCC3CC3)=C[C@@H]12. The lowest BCUT2D eigenvalue weighted by molar-refractivity contribution is 0.00222. The van der Waals surface area contributed by atoms with Gasteiger partial charge in [-0.05, 0) is 37.5 Å². The third-order valence-corrected chi connectivity index (χ3v) is 4.06. The van der Waals surface area contributed by atoms with Crippen molar-refractivity contribution in [2.24, 2.45) is 17.8 Å². The second-order valence-corrected chi connectivity index (χ2v) is 5.15. The van der Waals surface area contributed by atoms with Crippen molar-refractivity contribution in [2.75, 3.05) is 0 Å². The molecular weight excluding hydrogens is 160 g/mol. The third-order valence-electron chi connectivity index (χ3n) is 4.06. The monoisotopic (exact) mass is 178 g/mol.